The van der Waals surface area contributed by atoms with Crippen molar-refractivity contribution in [3.63, 3.8) is 0 Å². The van der Waals surface area contributed by atoms with Crippen LogP contribution < -0.4 is 10.5 Å². The Bertz CT molecular complexity index is 715. The summed E-state index contributed by atoms with van der Waals surface area (Å²) in [5.74, 6) is -1.97. The fourth-order valence-corrected chi connectivity index (χ4v) is 4.30. The van der Waals surface area contributed by atoms with Gasteiger partial charge in [0.05, 0.1) is 12.7 Å². The van der Waals surface area contributed by atoms with Crippen molar-refractivity contribution in [2.45, 2.75) is 23.8 Å². The fraction of sp³-hybridized carbons (Fsp3) is 0.385. The quantitative estimate of drug-likeness (QED) is 0.785. The number of aromatic carboxylic acids is 1. The number of rotatable bonds is 5. The molecule has 0 saturated carbocycles. The van der Waals surface area contributed by atoms with Gasteiger partial charge in [0, 0.05) is 6.54 Å². The highest BCUT2D eigenvalue weighted by Crippen LogP contribution is 2.32. The molecule has 1 fully saturated rings. The summed E-state index contributed by atoms with van der Waals surface area (Å²) in [6.07, 6.45) is 0.850. The number of hydrogen-bond acceptors (Lipinski definition) is 5. The van der Waals surface area contributed by atoms with Gasteiger partial charge in [-0.2, -0.15) is 4.31 Å². The van der Waals surface area contributed by atoms with E-state index in [0.717, 1.165) is 10.4 Å². The Morgan fingerprint density at radius 1 is 1.41 bits per heavy atom. The Hall–Kier alpha value is -2.13. The van der Waals surface area contributed by atoms with Crippen molar-refractivity contribution < 1.29 is 27.9 Å². The highest BCUT2D eigenvalue weighted by Gasteiger charge is 2.39. The third-order valence-electron chi connectivity index (χ3n) is 3.53. The van der Waals surface area contributed by atoms with E-state index >= 15 is 0 Å². The number of carboxylic acid groups (broad SMARTS) is 1. The Morgan fingerprint density at radius 2 is 2.09 bits per heavy atom. The van der Waals surface area contributed by atoms with E-state index in [2.05, 4.69) is 0 Å². The number of hydrogen-bond donors (Lipinski definition) is 2. The third kappa shape index (κ3) is 2.77. The maximum Gasteiger partial charge on any atom is 0.335 e. The molecule has 0 unspecified atom stereocenters. The number of carbonyl (C=O) groups excluding carboxylic acids is 1. The minimum atomic E-state index is -4.09. The number of nitrogens with two attached hydrogens (primary N) is 1. The van der Waals surface area contributed by atoms with Crippen LogP contribution in [0.1, 0.15) is 23.2 Å². The first-order chi connectivity index (χ1) is 10.3. The SMILES string of the molecule is COc1ccc(C(=O)O)cc1S(=O)(=O)N1CCC[C@@H]1C(N)=O. The second kappa shape index (κ2) is 5.93. The van der Waals surface area contributed by atoms with E-state index in [1.54, 1.807) is 0 Å². The van der Waals surface area contributed by atoms with Gasteiger partial charge in [-0.3, -0.25) is 4.79 Å². The van der Waals surface area contributed by atoms with Crippen LogP contribution in [-0.4, -0.2) is 49.4 Å². The summed E-state index contributed by atoms with van der Waals surface area (Å²) in [5.41, 5.74) is 5.06. The van der Waals surface area contributed by atoms with Crippen molar-refractivity contribution >= 4 is 21.9 Å². The Balaban J connectivity index is 2.55. The predicted molar refractivity (Wildman–Crippen MR) is 76.1 cm³/mol. The lowest BCUT2D eigenvalue weighted by molar-refractivity contribution is -0.121. The average Bonchev–Trinajstić information content (AvgIpc) is 2.96. The zero-order chi connectivity index (χ0) is 16.5. The van der Waals surface area contributed by atoms with Gasteiger partial charge in [0.2, 0.25) is 15.9 Å². The Morgan fingerprint density at radius 3 is 2.64 bits per heavy atom. The Kier molecular flexibility index (Phi) is 4.38. The Labute approximate surface area is 127 Å². The molecule has 1 aliphatic heterocycles. The van der Waals surface area contributed by atoms with Crippen molar-refractivity contribution in [3.05, 3.63) is 23.8 Å². The summed E-state index contributed by atoms with van der Waals surface area (Å²) >= 11 is 0. The number of nitrogens with zero attached hydrogens (tertiary/aromatic N) is 1. The molecule has 0 aliphatic carbocycles. The molecule has 8 nitrogen and oxygen atoms in total. The van der Waals surface area contributed by atoms with Crippen molar-refractivity contribution in [2.24, 2.45) is 5.73 Å². The number of benzene rings is 1. The summed E-state index contributed by atoms with van der Waals surface area (Å²) in [6.45, 7) is 0.149. The van der Waals surface area contributed by atoms with Crippen molar-refractivity contribution in [1.82, 2.24) is 4.31 Å². The molecule has 1 heterocycles. The van der Waals surface area contributed by atoms with Crippen LogP contribution in [0.5, 0.6) is 5.75 Å². The molecule has 1 aliphatic rings. The molecule has 22 heavy (non-hydrogen) atoms. The van der Waals surface area contributed by atoms with Crippen molar-refractivity contribution in [1.29, 1.82) is 0 Å². The van der Waals surface area contributed by atoms with Gasteiger partial charge in [0.25, 0.3) is 0 Å². The van der Waals surface area contributed by atoms with E-state index in [1.165, 1.54) is 19.2 Å². The van der Waals surface area contributed by atoms with Gasteiger partial charge < -0.3 is 15.6 Å². The minimum absolute atomic E-state index is 0.0140. The second-order valence-corrected chi connectivity index (χ2v) is 6.71. The van der Waals surface area contributed by atoms with Gasteiger partial charge >= 0.3 is 5.97 Å². The van der Waals surface area contributed by atoms with Crippen LogP contribution in [0, 0.1) is 0 Å². The van der Waals surface area contributed by atoms with Gasteiger partial charge in [0.15, 0.2) is 0 Å². The van der Waals surface area contributed by atoms with E-state index in [4.69, 9.17) is 15.6 Å². The van der Waals surface area contributed by atoms with Gasteiger partial charge in [-0.25, -0.2) is 13.2 Å². The molecule has 0 bridgehead atoms. The van der Waals surface area contributed by atoms with Crippen LogP contribution in [0.2, 0.25) is 0 Å². The van der Waals surface area contributed by atoms with Crippen LogP contribution in [0.15, 0.2) is 23.1 Å². The van der Waals surface area contributed by atoms with E-state index < -0.39 is 27.9 Å². The lowest BCUT2D eigenvalue weighted by Crippen LogP contribution is -2.43. The molecule has 0 aromatic heterocycles. The number of primary amides is 1. The smallest absolute Gasteiger partial charge is 0.335 e. The third-order valence-corrected chi connectivity index (χ3v) is 5.46. The number of carboxylic acids is 1. The molecule has 0 radical (unpaired) electrons. The van der Waals surface area contributed by atoms with Crippen LogP contribution in [-0.2, 0) is 14.8 Å². The molecule has 9 heteroatoms. The molecule has 1 aromatic rings. The summed E-state index contributed by atoms with van der Waals surface area (Å²) in [7, 11) is -2.81. The van der Waals surface area contributed by atoms with Crippen LogP contribution in [0.3, 0.4) is 0 Å². The van der Waals surface area contributed by atoms with Crippen LogP contribution in [0.25, 0.3) is 0 Å². The first-order valence-corrected chi connectivity index (χ1v) is 7.95. The highest BCUT2D eigenvalue weighted by molar-refractivity contribution is 7.89. The molecule has 1 aromatic carbocycles. The monoisotopic (exact) mass is 328 g/mol. The normalized spacial score (nSPS) is 19.0. The number of amides is 1. The maximum absolute atomic E-state index is 12.7. The molecular formula is C13H16N2O6S. The zero-order valence-corrected chi connectivity index (χ0v) is 12.7. The maximum atomic E-state index is 12.7. The summed E-state index contributed by atoms with van der Waals surface area (Å²) in [6, 6.07) is 2.61. The number of methoxy groups -OCH3 is 1. The van der Waals surface area contributed by atoms with Gasteiger partial charge in [-0.15, -0.1) is 0 Å². The molecule has 1 amide bonds. The van der Waals surface area contributed by atoms with Crippen LogP contribution >= 0.6 is 0 Å². The van der Waals surface area contributed by atoms with E-state index in [1.807, 2.05) is 0 Å². The molecule has 120 valence electrons. The topological polar surface area (TPSA) is 127 Å². The molecule has 0 spiro atoms. The number of sulfonamides is 1. The molecular weight excluding hydrogens is 312 g/mol. The highest BCUT2D eigenvalue weighted by atomic mass is 32.2. The first-order valence-electron chi connectivity index (χ1n) is 6.51. The predicted octanol–water partition coefficient (Wildman–Crippen LogP) is 0.0318. The van der Waals surface area contributed by atoms with Gasteiger partial charge in [0.1, 0.15) is 16.7 Å². The lowest BCUT2D eigenvalue weighted by atomic mass is 10.2. The second-order valence-electron chi connectivity index (χ2n) is 4.85. The molecule has 1 atom stereocenters. The number of ether oxygens (including phenoxy) is 1. The minimum Gasteiger partial charge on any atom is -0.495 e. The van der Waals surface area contributed by atoms with Gasteiger partial charge in [-0.1, -0.05) is 0 Å². The first kappa shape index (κ1) is 16.2. The summed E-state index contributed by atoms with van der Waals surface area (Å²) < 4.78 is 31.5. The van der Waals surface area contributed by atoms with Crippen molar-refractivity contribution in [2.75, 3.05) is 13.7 Å². The van der Waals surface area contributed by atoms with E-state index in [-0.39, 0.29) is 22.8 Å². The summed E-state index contributed by atoms with van der Waals surface area (Å²) in [4.78, 5) is 22.2. The largest absolute Gasteiger partial charge is 0.495 e. The molecule has 1 saturated heterocycles. The zero-order valence-electron chi connectivity index (χ0n) is 11.9. The van der Waals surface area contributed by atoms with E-state index in [0.29, 0.717) is 12.8 Å². The average molecular weight is 328 g/mol. The van der Waals surface area contributed by atoms with Gasteiger partial charge in [-0.05, 0) is 31.0 Å². The molecule has 3 N–H and O–H groups in total. The van der Waals surface area contributed by atoms with Crippen LogP contribution in [0.4, 0.5) is 0 Å². The van der Waals surface area contributed by atoms with E-state index in [9.17, 15) is 18.0 Å². The van der Waals surface area contributed by atoms with Crippen molar-refractivity contribution in [3.8, 4) is 5.75 Å². The standard InChI is InChI=1S/C13H16N2O6S/c1-21-10-5-4-8(13(17)18)7-11(10)22(19,20)15-6-2-3-9(15)12(14)16/h4-5,7,9H,2-3,6H2,1H3,(H2,14,16)(H,17,18)/t9-/m1/s1. The molecule has 2 rings (SSSR count). The summed E-state index contributed by atoms with van der Waals surface area (Å²) in [5, 5.41) is 9.02. The lowest BCUT2D eigenvalue weighted by Gasteiger charge is -2.22. The number of carbonyl (C=O) groups is 2. The fourth-order valence-electron chi connectivity index (χ4n) is 2.45.